The van der Waals surface area contributed by atoms with Crippen molar-refractivity contribution in [1.82, 2.24) is 19.9 Å². The number of amides is 2. The van der Waals surface area contributed by atoms with E-state index in [-0.39, 0.29) is 6.03 Å². The summed E-state index contributed by atoms with van der Waals surface area (Å²) in [6.07, 6.45) is -2.41. The number of halogens is 3. The number of fused-ring (bicyclic) bond motifs is 1. The molecule has 0 saturated carbocycles. The van der Waals surface area contributed by atoms with Crippen molar-refractivity contribution in [3.05, 3.63) is 41.7 Å². The van der Waals surface area contributed by atoms with E-state index in [1.807, 2.05) is 0 Å². The zero-order valence-corrected chi connectivity index (χ0v) is 17.3. The van der Waals surface area contributed by atoms with Gasteiger partial charge in [0.15, 0.2) is 15.5 Å². The van der Waals surface area contributed by atoms with Crippen LogP contribution in [0.2, 0.25) is 0 Å². The van der Waals surface area contributed by atoms with Crippen molar-refractivity contribution in [2.24, 2.45) is 5.73 Å². The number of carbonyl (C=O) groups excluding carboxylic acids is 1. The van der Waals surface area contributed by atoms with E-state index in [1.54, 1.807) is 11.0 Å². The Balaban J connectivity index is 1.43. The summed E-state index contributed by atoms with van der Waals surface area (Å²) in [7, 11) is 1.47. The number of ether oxygens (including phenoxy) is 1. The van der Waals surface area contributed by atoms with Crippen LogP contribution in [-0.4, -0.2) is 46.1 Å². The number of piperidine rings is 1. The van der Waals surface area contributed by atoms with E-state index >= 15 is 0 Å². The van der Waals surface area contributed by atoms with Crippen molar-refractivity contribution < 1.29 is 22.7 Å². The predicted octanol–water partition coefficient (Wildman–Crippen LogP) is 3.60. The third kappa shape index (κ3) is 4.26. The molecule has 1 aromatic carbocycles. The lowest BCUT2D eigenvalue weighted by atomic mass is 9.81. The number of urea groups is 1. The van der Waals surface area contributed by atoms with Crippen molar-refractivity contribution in [3.8, 4) is 5.88 Å². The second-order valence-corrected chi connectivity index (χ2v) is 8.19. The third-order valence-electron chi connectivity index (χ3n) is 5.28. The van der Waals surface area contributed by atoms with Gasteiger partial charge in [-0.25, -0.2) is 14.8 Å². The lowest BCUT2D eigenvalue weighted by Crippen LogP contribution is -2.50. The minimum atomic E-state index is -4.43. The van der Waals surface area contributed by atoms with Crippen molar-refractivity contribution in [2.75, 3.05) is 25.5 Å². The van der Waals surface area contributed by atoms with Gasteiger partial charge in [0.1, 0.15) is 6.33 Å². The summed E-state index contributed by atoms with van der Waals surface area (Å²) in [5.41, 5.74) is 5.63. The molecule has 1 saturated heterocycles. The van der Waals surface area contributed by atoms with E-state index in [0.29, 0.717) is 52.9 Å². The molecule has 4 rings (SSSR count). The van der Waals surface area contributed by atoms with Gasteiger partial charge in [0.2, 0.25) is 5.88 Å². The van der Waals surface area contributed by atoms with Crippen molar-refractivity contribution in [3.63, 3.8) is 0 Å². The van der Waals surface area contributed by atoms with E-state index in [4.69, 9.17) is 10.5 Å². The van der Waals surface area contributed by atoms with Gasteiger partial charge in [0.25, 0.3) is 0 Å². The summed E-state index contributed by atoms with van der Waals surface area (Å²) in [5, 5.41) is 3.08. The Hall–Kier alpha value is -2.99. The van der Waals surface area contributed by atoms with Crippen LogP contribution in [0.3, 0.4) is 0 Å². The topological polar surface area (TPSA) is 106 Å². The number of rotatable bonds is 3. The number of thiazole rings is 1. The van der Waals surface area contributed by atoms with Gasteiger partial charge in [0.05, 0.1) is 12.7 Å². The molecule has 1 fully saturated rings. The molecule has 3 N–H and O–H groups in total. The Morgan fingerprint density at radius 2 is 2.03 bits per heavy atom. The summed E-state index contributed by atoms with van der Waals surface area (Å²) in [6, 6.07) is 4.70. The number of hydrogen-bond acceptors (Lipinski definition) is 7. The first-order valence-corrected chi connectivity index (χ1v) is 10.2. The number of benzene rings is 1. The van der Waals surface area contributed by atoms with Gasteiger partial charge in [-0.1, -0.05) is 23.5 Å². The van der Waals surface area contributed by atoms with Crippen LogP contribution >= 0.6 is 11.3 Å². The van der Waals surface area contributed by atoms with Gasteiger partial charge < -0.3 is 15.4 Å². The number of likely N-dealkylation sites (tertiary alicyclic amines) is 1. The van der Waals surface area contributed by atoms with Crippen molar-refractivity contribution in [1.29, 1.82) is 0 Å². The minimum Gasteiger partial charge on any atom is -0.479 e. The number of anilines is 1. The number of carbonyl (C=O) groups is 1. The maximum Gasteiger partial charge on any atom is 0.416 e. The summed E-state index contributed by atoms with van der Waals surface area (Å²) in [4.78, 5) is 27.2. The summed E-state index contributed by atoms with van der Waals surface area (Å²) < 4.78 is 44.3. The molecule has 0 bridgehead atoms. The van der Waals surface area contributed by atoms with Crippen LogP contribution in [0, 0.1) is 0 Å². The molecule has 8 nitrogen and oxygen atoms in total. The SMILES string of the molecule is COc1ncnc2sc(NC(=O)N3CCC(N)(c4cccc(C(F)(F)F)c4)CC3)nc12. The van der Waals surface area contributed by atoms with Gasteiger partial charge in [-0.2, -0.15) is 18.2 Å². The molecule has 3 heterocycles. The molecule has 1 aliphatic rings. The first-order valence-electron chi connectivity index (χ1n) is 9.38. The average Bonchev–Trinajstić information content (AvgIpc) is 3.16. The maximum atomic E-state index is 13.0. The fourth-order valence-corrected chi connectivity index (χ4v) is 4.30. The predicted molar refractivity (Wildman–Crippen MR) is 109 cm³/mol. The number of nitrogens with one attached hydrogen (secondary N) is 1. The van der Waals surface area contributed by atoms with Crippen LogP contribution in [0.1, 0.15) is 24.0 Å². The quantitative estimate of drug-likeness (QED) is 0.629. The highest BCUT2D eigenvalue weighted by Crippen LogP contribution is 2.35. The number of methoxy groups -OCH3 is 1. The van der Waals surface area contributed by atoms with Gasteiger partial charge in [-0.3, -0.25) is 5.32 Å². The van der Waals surface area contributed by atoms with Crippen LogP contribution in [0.5, 0.6) is 5.88 Å². The molecular weight excluding hydrogens is 433 g/mol. The Morgan fingerprint density at radius 1 is 1.29 bits per heavy atom. The number of nitrogens with zero attached hydrogens (tertiary/aromatic N) is 4. The van der Waals surface area contributed by atoms with E-state index < -0.39 is 17.3 Å². The monoisotopic (exact) mass is 452 g/mol. The Kier molecular flexibility index (Phi) is 5.43. The van der Waals surface area contributed by atoms with Crippen LogP contribution in [0.25, 0.3) is 10.3 Å². The Morgan fingerprint density at radius 3 is 2.71 bits per heavy atom. The molecule has 0 unspecified atom stereocenters. The highest BCUT2D eigenvalue weighted by molar-refractivity contribution is 7.22. The molecule has 3 aromatic rings. The van der Waals surface area contributed by atoms with Gasteiger partial charge in [-0.05, 0) is 30.5 Å². The van der Waals surface area contributed by atoms with Crippen LogP contribution in [-0.2, 0) is 11.7 Å². The lowest BCUT2D eigenvalue weighted by molar-refractivity contribution is -0.137. The van der Waals surface area contributed by atoms with Crippen molar-refractivity contribution >= 4 is 32.8 Å². The molecule has 0 aliphatic carbocycles. The molecule has 2 amide bonds. The fourth-order valence-electron chi connectivity index (χ4n) is 3.51. The van der Waals surface area contributed by atoms with Crippen LogP contribution in [0.15, 0.2) is 30.6 Å². The minimum absolute atomic E-state index is 0.298. The summed E-state index contributed by atoms with van der Waals surface area (Å²) >= 11 is 1.19. The van der Waals surface area contributed by atoms with Crippen LogP contribution < -0.4 is 15.8 Å². The molecule has 164 valence electrons. The number of alkyl halides is 3. The highest BCUT2D eigenvalue weighted by atomic mass is 32.1. The largest absolute Gasteiger partial charge is 0.479 e. The van der Waals surface area contributed by atoms with Gasteiger partial charge in [0, 0.05) is 18.6 Å². The summed E-state index contributed by atoms with van der Waals surface area (Å²) in [5.74, 6) is 0.314. The molecule has 0 radical (unpaired) electrons. The molecule has 31 heavy (non-hydrogen) atoms. The van der Waals surface area contributed by atoms with Crippen LogP contribution in [0.4, 0.5) is 23.1 Å². The van der Waals surface area contributed by atoms with E-state index in [9.17, 15) is 18.0 Å². The molecular formula is C19H19F3N6O2S. The number of aromatic nitrogens is 3. The second-order valence-electron chi connectivity index (χ2n) is 7.21. The Labute approximate surface area is 179 Å². The highest BCUT2D eigenvalue weighted by Gasteiger charge is 2.37. The number of nitrogens with two attached hydrogens (primary N) is 1. The normalized spacial score (nSPS) is 16.4. The van der Waals surface area contributed by atoms with E-state index in [2.05, 4.69) is 20.3 Å². The maximum absolute atomic E-state index is 13.0. The first kappa shape index (κ1) is 21.2. The zero-order chi connectivity index (χ0) is 22.2. The fraction of sp³-hybridized carbons (Fsp3) is 0.368. The van der Waals surface area contributed by atoms with Crippen molar-refractivity contribution in [2.45, 2.75) is 24.6 Å². The second kappa shape index (κ2) is 7.93. The molecule has 0 atom stereocenters. The summed E-state index contributed by atoms with van der Waals surface area (Å²) in [6.45, 7) is 0.596. The molecule has 1 aliphatic heterocycles. The van der Waals surface area contributed by atoms with Gasteiger partial charge in [-0.15, -0.1) is 0 Å². The van der Waals surface area contributed by atoms with Gasteiger partial charge >= 0.3 is 12.2 Å². The first-order chi connectivity index (χ1) is 14.7. The van der Waals surface area contributed by atoms with E-state index in [1.165, 1.54) is 30.8 Å². The standard InChI is InChI=1S/C19H19F3N6O2S/c1-30-14-13-15(25-10-24-14)31-16(26-13)27-17(29)28-7-5-18(23,6-8-28)11-3-2-4-12(9-11)19(20,21)22/h2-4,9-10H,5-8,23H2,1H3,(H,26,27,29). The molecule has 2 aromatic heterocycles. The Bertz CT molecular complexity index is 1110. The smallest absolute Gasteiger partial charge is 0.416 e. The van der Waals surface area contributed by atoms with E-state index in [0.717, 1.165) is 12.1 Å². The molecule has 12 heteroatoms. The third-order valence-corrected chi connectivity index (χ3v) is 6.16. The zero-order valence-electron chi connectivity index (χ0n) is 16.4. The number of hydrogen-bond donors (Lipinski definition) is 2. The average molecular weight is 452 g/mol. The molecule has 0 spiro atoms. The lowest BCUT2D eigenvalue weighted by Gasteiger charge is -2.39.